The molecule has 3 rings (SSSR count). The van der Waals surface area contributed by atoms with Crippen molar-refractivity contribution in [1.29, 1.82) is 0 Å². The first-order valence-corrected chi connectivity index (χ1v) is 5.50. The van der Waals surface area contributed by atoms with E-state index in [9.17, 15) is 0 Å². The van der Waals surface area contributed by atoms with E-state index in [1.165, 1.54) is 37.8 Å². The number of hydrogen-bond acceptors (Lipinski definition) is 3. The molecule has 74 valence electrons. The first-order valence-electron chi connectivity index (χ1n) is 5.50. The van der Waals surface area contributed by atoms with E-state index in [0.717, 1.165) is 5.82 Å². The Labute approximate surface area is 84.0 Å². The molecule has 2 fully saturated rings. The number of nitrogens with one attached hydrogen (secondary N) is 1. The summed E-state index contributed by atoms with van der Waals surface area (Å²) in [6.45, 7) is 0. The van der Waals surface area contributed by atoms with Crippen molar-refractivity contribution in [1.82, 2.24) is 9.97 Å². The summed E-state index contributed by atoms with van der Waals surface area (Å²) in [5, 5.41) is 3.41. The summed E-state index contributed by atoms with van der Waals surface area (Å²) >= 11 is 0. The topological polar surface area (TPSA) is 37.8 Å². The minimum absolute atomic E-state index is 0.680. The molecule has 0 unspecified atom stereocenters. The van der Waals surface area contributed by atoms with E-state index in [-0.39, 0.29) is 0 Å². The van der Waals surface area contributed by atoms with Crippen molar-refractivity contribution in [2.24, 2.45) is 0 Å². The minimum atomic E-state index is 0.680. The third-order valence-corrected chi connectivity index (χ3v) is 3.14. The van der Waals surface area contributed by atoms with Crippen molar-refractivity contribution in [2.45, 2.75) is 44.1 Å². The molecule has 1 N–H and O–H groups in total. The lowest BCUT2D eigenvalue weighted by molar-refractivity contribution is 0.411. The highest BCUT2D eigenvalue weighted by molar-refractivity contribution is 5.38. The van der Waals surface area contributed by atoms with E-state index < -0.39 is 0 Å². The summed E-state index contributed by atoms with van der Waals surface area (Å²) in [5.41, 5.74) is 1.23. The van der Waals surface area contributed by atoms with Crippen LogP contribution in [0.15, 0.2) is 12.4 Å². The Hall–Kier alpha value is -1.12. The first-order chi connectivity index (χ1) is 6.92. The van der Waals surface area contributed by atoms with Crippen molar-refractivity contribution >= 4 is 5.82 Å². The van der Waals surface area contributed by atoms with Crippen molar-refractivity contribution in [2.75, 3.05) is 5.32 Å². The van der Waals surface area contributed by atoms with Gasteiger partial charge in [-0.2, -0.15) is 0 Å². The second-order valence-corrected chi connectivity index (χ2v) is 4.37. The SMILES string of the molecule is c1nc(NC2CC2)cc(C2CCC2)n1. The van der Waals surface area contributed by atoms with Gasteiger partial charge < -0.3 is 5.32 Å². The lowest BCUT2D eigenvalue weighted by Crippen LogP contribution is -2.12. The zero-order valence-electron chi connectivity index (χ0n) is 8.24. The zero-order chi connectivity index (χ0) is 9.38. The number of hydrogen-bond donors (Lipinski definition) is 1. The van der Waals surface area contributed by atoms with Crippen molar-refractivity contribution in [3.8, 4) is 0 Å². The molecule has 14 heavy (non-hydrogen) atoms. The van der Waals surface area contributed by atoms with Gasteiger partial charge in [0, 0.05) is 23.7 Å². The maximum absolute atomic E-state index is 4.34. The molecule has 0 radical (unpaired) electrons. The fraction of sp³-hybridized carbons (Fsp3) is 0.636. The number of aromatic nitrogens is 2. The number of nitrogens with zero attached hydrogens (tertiary/aromatic N) is 2. The molecular formula is C11H15N3. The van der Waals surface area contributed by atoms with Crippen LogP contribution < -0.4 is 5.32 Å². The normalized spacial score (nSPS) is 21.7. The van der Waals surface area contributed by atoms with Gasteiger partial charge in [-0.15, -0.1) is 0 Å². The van der Waals surface area contributed by atoms with Gasteiger partial charge in [0.25, 0.3) is 0 Å². The Morgan fingerprint density at radius 2 is 2.00 bits per heavy atom. The zero-order valence-corrected chi connectivity index (χ0v) is 8.24. The van der Waals surface area contributed by atoms with E-state index in [2.05, 4.69) is 21.4 Å². The quantitative estimate of drug-likeness (QED) is 0.793. The highest BCUT2D eigenvalue weighted by Gasteiger charge is 2.23. The number of anilines is 1. The summed E-state index contributed by atoms with van der Waals surface area (Å²) in [6, 6.07) is 2.81. The molecule has 0 atom stereocenters. The average Bonchev–Trinajstić information content (AvgIpc) is 2.85. The van der Waals surface area contributed by atoms with Crippen LogP contribution in [0.1, 0.15) is 43.7 Å². The van der Waals surface area contributed by atoms with Gasteiger partial charge in [0.1, 0.15) is 12.1 Å². The maximum atomic E-state index is 4.34. The molecular weight excluding hydrogens is 174 g/mol. The second kappa shape index (κ2) is 3.23. The smallest absolute Gasteiger partial charge is 0.129 e. The molecule has 1 aromatic rings. The summed E-state index contributed by atoms with van der Waals surface area (Å²) in [5.74, 6) is 1.72. The van der Waals surface area contributed by atoms with Gasteiger partial charge in [-0.3, -0.25) is 0 Å². The van der Waals surface area contributed by atoms with Gasteiger partial charge in [-0.25, -0.2) is 9.97 Å². The van der Waals surface area contributed by atoms with Crippen LogP contribution in [0.2, 0.25) is 0 Å². The Morgan fingerprint density at radius 1 is 1.14 bits per heavy atom. The highest BCUT2D eigenvalue weighted by atomic mass is 15.1. The van der Waals surface area contributed by atoms with E-state index in [0.29, 0.717) is 12.0 Å². The molecule has 1 heterocycles. The van der Waals surface area contributed by atoms with Gasteiger partial charge in [0.15, 0.2) is 0 Å². The van der Waals surface area contributed by atoms with Crippen molar-refractivity contribution in [3.63, 3.8) is 0 Å². The number of rotatable bonds is 3. The molecule has 0 saturated heterocycles. The first kappa shape index (κ1) is 8.21. The van der Waals surface area contributed by atoms with E-state index in [4.69, 9.17) is 0 Å². The lowest BCUT2D eigenvalue weighted by atomic mass is 9.83. The maximum Gasteiger partial charge on any atom is 0.129 e. The van der Waals surface area contributed by atoms with Gasteiger partial charge in [0.2, 0.25) is 0 Å². The van der Waals surface area contributed by atoms with Crippen LogP contribution in [-0.2, 0) is 0 Å². The van der Waals surface area contributed by atoms with Crippen molar-refractivity contribution < 1.29 is 0 Å². The van der Waals surface area contributed by atoms with Crippen LogP contribution in [0.3, 0.4) is 0 Å². The van der Waals surface area contributed by atoms with Crippen molar-refractivity contribution in [3.05, 3.63) is 18.1 Å². The van der Waals surface area contributed by atoms with Crippen LogP contribution >= 0.6 is 0 Å². The molecule has 3 heteroatoms. The van der Waals surface area contributed by atoms with Crippen LogP contribution in [0.5, 0.6) is 0 Å². The minimum Gasteiger partial charge on any atom is -0.367 e. The third kappa shape index (κ3) is 1.59. The Kier molecular flexibility index (Phi) is 1.89. The second-order valence-electron chi connectivity index (χ2n) is 4.37. The van der Waals surface area contributed by atoms with E-state index in [1.807, 2.05) is 0 Å². The molecule has 0 amide bonds. The monoisotopic (exact) mass is 189 g/mol. The predicted octanol–water partition coefficient (Wildman–Crippen LogP) is 2.32. The fourth-order valence-electron chi connectivity index (χ4n) is 1.82. The predicted molar refractivity (Wildman–Crippen MR) is 55.3 cm³/mol. The molecule has 2 aliphatic carbocycles. The van der Waals surface area contributed by atoms with Gasteiger partial charge in [-0.1, -0.05) is 6.42 Å². The van der Waals surface area contributed by atoms with Crippen LogP contribution in [-0.4, -0.2) is 16.0 Å². The summed E-state index contributed by atoms with van der Waals surface area (Å²) in [4.78, 5) is 8.58. The third-order valence-electron chi connectivity index (χ3n) is 3.14. The summed E-state index contributed by atoms with van der Waals surface area (Å²) < 4.78 is 0. The summed E-state index contributed by atoms with van der Waals surface area (Å²) in [6.07, 6.45) is 8.25. The lowest BCUT2D eigenvalue weighted by Gasteiger charge is -2.24. The Bertz CT molecular complexity index is 329. The molecule has 2 saturated carbocycles. The molecule has 0 aliphatic heterocycles. The van der Waals surface area contributed by atoms with E-state index in [1.54, 1.807) is 6.33 Å². The fourth-order valence-corrected chi connectivity index (χ4v) is 1.82. The molecule has 2 aliphatic rings. The van der Waals surface area contributed by atoms with Gasteiger partial charge >= 0.3 is 0 Å². The van der Waals surface area contributed by atoms with Gasteiger partial charge in [-0.05, 0) is 25.7 Å². The molecule has 0 spiro atoms. The molecule has 0 aromatic carbocycles. The standard InChI is InChI=1S/C11H15N3/c1-2-8(3-1)10-6-11(13-7-12-10)14-9-4-5-9/h6-9H,1-5H2,(H,12,13,14). The Balaban J connectivity index is 1.75. The molecule has 3 nitrogen and oxygen atoms in total. The molecule has 0 bridgehead atoms. The molecule has 1 aromatic heterocycles. The van der Waals surface area contributed by atoms with Gasteiger partial charge in [0.05, 0.1) is 0 Å². The average molecular weight is 189 g/mol. The Morgan fingerprint density at radius 3 is 2.64 bits per heavy atom. The van der Waals surface area contributed by atoms with Crippen LogP contribution in [0, 0.1) is 0 Å². The summed E-state index contributed by atoms with van der Waals surface area (Å²) in [7, 11) is 0. The van der Waals surface area contributed by atoms with Crippen LogP contribution in [0.4, 0.5) is 5.82 Å². The highest BCUT2D eigenvalue weighted by Crippen LogP contribution is 2.35. The largest absolute Gasteiger partial charge is 0.367 e. The van der Waals surface area contributed by atoms with Crippen LogP contribution in [0.25, 0.3) is 0 Å². The van der Waals surface area contributed by atoms with E-state index >= 15 is 0 Å².